The minimum atomic E-state index is -0.427. The molecule has 7 nitrogen and oxygen atoms in total. The molecule has 0 fully saturated rings. The molecule has 0 aliphatic carbocycles. The van der Waals surface area contributed by atoms with Crippen LogP contribution in [0.4, 0.5) is 10.1 Å². The maximum absolute atomic E-state index is 13.6. The van der Waals surface area contributed by atoms with Gasteiger partial charge in [0.2, 0.25) is 0 Å². The van der Waals surface area contributed by atoms with E-state index in [4.69, 9.17) is 27.0 Å². The zero-order valence-corrected chi connectivity index (χ0v) is 15.1. The summed E-state index contributed by atoms with van der Waals surface area (Å²) in [6, 6.07) is 8.69. The van der Waals surface area contributed by atoms with Crippen molar-refractivity contribution in [1.82, 2.24) is 0 Å². The molecule has 0 heterocycles. The van der Waals surface area contributed by atoms with Gasteiger partial charge >= 0.3 is 0 Å². The van der Waals surface area contributed by atoms with Crippen LogP contribution in [-0.2, 0) is 11.5 Å². The smallest absolute Gasteiger partial charge is 0.151 e. The van der Waals surface area contributed by atoms with E-state index in [1.165, 1.54) is 24.3 Å². The van der Waals surface area contributed by atoms with Crippen molar-refractivity contribution in [2.75, 3.05) is 0 Å². The quantitative estimate of drug-likeness (QED) is 0.315. The third-order valence-electron chi connectivity index (χ3n) is 3.16. The highest BCUT2D eigenvalue weighted by Gasteiger charge is 2.12. The number of rotatable bonds is 7. The molecule has 0 aromatic heterocycles. The van der Waals surface area contributed by atoms with Crippen LogP contribution in [-0.4, -0.2) is 10.3 Å². The molecule has 0 saturated heterocycles. The van der Waals surface area contributed by atoms with Crippen LogP contribution in [0.1, 0.15) is 11.1 Å². The molecule has 0 aliphatic heterocycles. The Bertz CT molecular complexity index is 847. The van der Waals surface area contributed by atoms with Crippen molar-refractivity contribution in [2.24, 2.45) is 16.6 Å². The molecule has 2 aromatic rings. The van der Waals surface area contributed by atoms with Gasteiger partial charge < -0.3 is 16.2 Å². The Kier molecular flexibility index (Phi) is 6.98. The number of nitrogens with two attached hydrogens (primary N) is 2. The first-order valence-electron chi connectivity index (χ1n) is 7.25. The summed E-state index contributed by atoms with van der Waals surface area (Å²) < 4.78 is 19.5. The van der Waals surface area contributed by atoms with Crippen molar-refractivity contribution < 1.29 is 9.13 Å². The van der Waals surface area contributed by atoms with Gasteiger partial charge in [-0.25, -0.2) is 4.39 Å². The summed E-state index contributed by atoms with van der Waals surface area (Å²) in [5, 5.41) is 17.4. The topological polar surface area (TPSA) is 138 Å². The number of hydrogen-bond donors (Lipinski definition) is 4. The maximum Gasteiger partial charge on any atom is 0.151 e. The standard InChI is InChI=1S/C16H16FN5O2S2/c17-11-1-3-13(9(5-11)7-25-15(18)19)24-14-4-2-12(22-23)6-10(14)8-26-16(20)21/h1-6H,7-8H2,(H3,18,19)(H3,20,21). The van der Waals surface area contributed by atoms with Crippen molar-refractivity contribution >= 4 is 39.5 Å². The van der Waals surface area contributed by atoms with Gasteiger partial charge in [-0.1, -0.05) is 23.5 Å². The van der Waals surface area contributed by atoms with E-state index < -0.39 is 5.82 Å². The zero-order valence-electron chi connectivity index (χ0n) is 13.5. The normalized spacial score (nSPS) is 10.3. The van der Waals surface area contributed by atoms with E-state index in [0.29, 0.717) is 28.4 Å². The third kappa shape index (κ3) is 5.74. The van der Waals surface area contributed by atoms with Crippen LogP contribution in [0.5, 0.6) is 11.5 Å². The fraction of sp³-hybridized carbons (Fsp3) is 0.125. The molecular formula is C16H16FN5O2S2. The van der Waals surface area contributed by atoms with Crippen LogP contribution in [0.15, 0.2) is 41.6 Å². The van der Waals surface area contributed by atoms with Gasteiger partial charge in [-0.2, -0.15) is 0 Å². The summed E-state index contributed by atoms with van der Waals surface area (Å²) >= 11 is 2.13. The Labute approximate surface area is 157 Å². The molecule has 2 aromatic carbocycles. The van der Waals surface area contributed by atoms with Gasteiger partial charge in [-0.15, -0.1) is 4.91 Å². The molecule has 6 N–H and O–H groups in total. The lowest BCUT2D eigenvalue weighted by atomic mass is 10.2. The molecule has 26 heavy (non-hydrogen) atoms. The summed E-state index contributed by atoms with van der Waals surface area (Å²) in [4.78, 5) is 10.8. The Balaban J connectivity index is 2.33. The number of benzene rings is 2. The van der Waals surface area contributed by atoms with Crippen LogP contribution < -0.4 is 16.2 Å². The summed E-state index contributed by atoms with van der Waals surface area (Å²) in [5.41, 5.74) is 12.1. The minimum Gasteiger partial charge on any atom is -0.457 e. The number of hydrogen-bond acceptors (Lipinski definition) is 7. The molecule has 0 radical (unpaired) electrons. The van der Waals surface area contributed by atoms with Crippen LogP contribution in [0.3, 0.4) is 0 Å². The summed E-state index contributed by atoms with van der Waals surface area (Å²) in [7, 11) is 0. The van der Waals surface area contributed by atoms with Crippen LogP contribution in [0, 0.1) is 21.5 Å². The third-order valence-corrected chi connectivity index (χ3v) is 4.69. The Hall–Kier alpha value is -2.59. The highest BCUT2D eigenvalue weighted by atomic mass is 32.2. The maximum atomic E-state index is 13.6. The van der Waals surface area contributed by atoms with Crippen molar-refractivity contribution in [1.29, 1.82) is 10.8 Å². The summed E-state index contributed by atoms with van der Waals surface area (Å²) in [6.45, 7) is 0. The number of ether oxygens (including phenoxy) is 1. The second-order valence-electron chi connectivity index (χ2n) is 5.04. The molecule has 0 bridgehead atoms. The van der Waals surface area contributed by atoms with Crippen molar-refractivity contribution in [3.8, 4) is 11.5 Å². The van der Waals surface area contributed by atoms with E-state index in [9.17, 15) is 9.30 Å². The molecule has 0 atom stereocenters. The van der Waals surface area contributed by atoms with E-state index >= 15 is 0 Å². The van der Waals surface area contributed by atoms with Crippen molar-refractivity contribution in [2.45, 2.75) is 11.5 Å². The number of thioether (sulfide) groups is 2. The second-order valence-corrected chi connectivity index (χ2v) is 7.08. The average molecular weight is 393 g/mol. The van der Waals surface area contributed by atoms with Gasteiger partial charge in [0, 0.05) is 22.6 Å². The number of halogens is 1. The van der Waals surface area contributed by atoms with Gasteiger partial charge in [0.05, 0.1) is 0 Å². The van der Waals surface area contributed by atoms with Gasteiger partial charge in [-0.3, -0.25) is 10.8 Å². The number of amidine groups is 2. The fourth-order valence-corrected chi connectivity index (χ4v) is 3.10. The van der Waals surface area contributed by atoms with Gasteiger partial charge in [-0.05, 0) is 41.6 Å². The Morgan fingerprint density at radius 3 is 2.08 bits per heavy atom. The van der Waals surface area contributed by atoms with E-state index in [-0.39, 0.29) is 21.8 Å². The van der Waals surface area contributed by atoms with Crippen LogP contribution >= 0.6 is 23.5 Å². The van der Waals surface area contributed by atoms with Crippen molar-refractivity contribution in [3.05, 3.63) is 58.2 Å². The van der Waals surface area contributed by atoms with Gasteiger partial charge in [0.1, 0.15) is 23.0 Å². The molecule has 0 saturated carbocycles. The number of nitrogens with zero attached hydrogens (tertiary/aromatic N) is 1. The van der Waals surface area contributed by atoms with Crippen LogP contribution in [0.2, 0.25) is 0 Å². The van der Waals surface area contributed by atoms with E-state index in [2.05, 4.69) is 5.18 Å². The lowest BCUT2D eigenvalue weighted by Crippen LogP contribution is -2.05. The first-order valence-corrected chi connectivity index (χ1v) is 9.22. The average Bonchev–Trinajstić information content (AvgIpc) is 2.60. The Morgan fingerprint density at radius 2 is 1.54 bits per heavy atom. The van der Waals surface area contributed by atoms with Gasteiger partial charge in [0.15, 0.2) is 10.3 Å². The molecule has 0 aliphatic rings. The highest BCUT2D eigenvalue weighted by molar-refractivity contribution is 8.13. The predicted octanol–water partition coefficient (Wildman–Crippen LogP) is 4.27. The summed E-state index contributed by atoms with van der Waals surface area (Å²) in [6.07, 6.45) is 0. The Morgan fingerprint density at radius 1 is 1.00 bits per heavy atom. The molecule has 0 spiro atoms. The van der Waals surface area contributed by atoms with E-state index in [1.807, 2.05) is 0 Å². The lowest BCUT2D eigenvalue weighted by molar-refractivity contribution is 0.472. The number of nitrogens with one attached hydrogen (secondary N) is 2. The van der Waals surface area contributed by atoms with Crippen LogP contribution in [0.25, 0.3) is 0 Å². The second kappa shape index (κ2) is 9.20. The SMILES string of the molecule is N=C(N)SCc1cc(F)ccc1Oc1ccc(N=O)cc1CSC(=N)N. The van der Waals surface area contributed by atoms with E-state index in [0.717, 1.165) is 23.5 Å². The molecular weight excluding hydrogens is 377 g/mol. The largest absolute Gasteiger partial charge is 0.457 e. The molecule has 136 valence electrons. The lowest BCUT2D eigenvalue weighted by Gasteiger charge is -2.14. The number of nitroso groups, excluding NO2 is 1. The molecule has 10 heteroatoms. The minimum absolute atomic E-state index is 0.0688. The fourth-order valence-electron chi connectivity index (χ4n) is 2.02. The molecule has 0 unspecified atom stereocenters. The van der Waals surface area contributed by atoms with Gasteiger partial charge in [0.25, 0.3) is 0 Å². The molecule has 0 amide bonds. The first kappa shape index (κ1) is 19.7. The zero-order chi connectivity index (χ0) is 19.1. The summed E-state index contributed by atoms with van der Waals surface area (Å²) in [5.74, 6) is 0.998. The first-order chi connectivity index (χ1) is 12.4. The van der Waals surface area contributed by atoms with Crippen molar-refractivity contribution in [3.63, 3.8) is 0 Å². The highest BCUT2D eigenvalue weighted by Crippen LogP contribution is 2.34. The predicted molar refractivity (Wildman–Crippen MR) is 105 cm³/mol. The monoisotopic (exact) mass is 393 g/mol. The van der Waals surface area contributed by atoms with E-state index in [1.54, 1.807) is 12.1 Å². The molecule has 2 rings (SSSR count).